The van der Waals surface area contributed by atoms with Gasteiger partial charge in [-0.2, -0.15) is 13.5 Å². The van der Waals surface area contributed by atoms with Crippen molar-refractivity contribution < 1.29 is 9.84 Å². The monoisotopic (exact) mass is 299 g/mol. The van der Waals surface area contributed by atoms with Crippen molar-refractivity contribution in [2.75, 3.05) is 13.2 Å². The summed E-state index contributed by atoms with van der Waals surface area (Å²) in [6.45, 7) is 10.2. The quantitative estimate of drug-likeness (QED) is 0.801. The van der Waals surface area contributed by atoms with Crippen molar-refractivity contribution >= 4 is 13.5 Å². The summed E-state index contributed by atoms with van der Waals surface area (Å²) in [5.41, 5.74) is 1.14. The molecule has 0 aliphatic heterocycles. The molecular weight excluding hydrogens is 270 g/mol. The van der Waals surface area contributed by atoms with E-state index in [9.17, 15) is 5.11 Å². The standard InChI is InChI=1S/C16H27NO2.H2S/c1-13(2)17(14(3)4)10-16(18)12-19-11-15-8-6-5-7-9-15;/h5-9,13-14,16,18H,10-12H2,1-4H3;1H2/t16-;/m0./s1. The summed E-state index contributed by atoms with van der Waals surface area (Å²) in [5, 5.41) is 10.0. The lowest BCUT2D eigenvalue weighted by atomic mass is 10.2. The molecule has 0 fully saturated rings. The zero-order valence-corrected chi connectivity index (χ0v) is 14.0. The SMILES string of the molecule is CC(C)N(C[C@H](O)COCc1ccccc1)C(C)C.S. The molecule has 0 bridgehead atoms. The molecule has 116 valence electrons. The van der Waals surface area contributed by atoms with Gasteiger partial charge in [0.15, 0.2) is 0 Å². The van der Waals surface area contributed by atoms with E-state index in [0.717, 1.165) is 5.56 Å². The van der Waals surface area contributed by atoms with Crippen LogP contribution in [0.15, 0.2) is 30.3 Å². The van der Waals surface area contributed by atoms with Gasteiger partial charge in [0, 0.05) is 18.6 Å². The molecule has 0 aromatic heterocycles. The fourth-order valence-corrected chi connectivity index (χ4v) is 2.20. The lowest BCUT2D eigenvalue weighted by Gasteiger charge is -2.32. The molecule has 3 nitrogen and oxygen atoms in total. The van der Waals surface area contributed by atoms with Crippen LogP contribution in [0.2, 0.25) is 0 Å². The van der Waals surface area contributed by atoms with Gasteiger partial charge in [-0.1, -0.05) is 30.3 Å². The van der Waals surface area contributed by atoms with E-state index in [2.05, 4.69) is 32.6 Å². The van der Waals surface area contributed by atoms with Crippen molar-refractivity contribution in [2.45, 2.75) is 52.5 Å². The first-order valence-corrected chi connectivity index (χ1v) is 7.06. The van der Waals surface area contributed by atoms with Crippen molar-refractivity contribution in [1.82, 2.24) is 4.90 Å². The van der Waals surface area contributed by atoms with Gasteiger partial charge in [0.1, 0.15) is 0 Å². The van der Waals surface area contributed by atoms with Crippen LogP contribution in [-0.4, -0.2) is 41.3 Å². The third-order valence-corrected chi connectivity index (χ3v) is 3.17. The van der Waals surface area contributed by atoms with Crippen LogP contribution in [0, 0.1) is 0 Å². The largest absolute Gasteiger partial charge is 0.389 e. The van der Waals surface area contributed by atoms with Crippen molar-refractivity contribution in [1.29, 1.82) is 0 Å². The highest BCUT2D eigenvalue weighted by atomic mass is 32.1. The molecule has 0 saturated heterocycles. The van der Waals surface area contributed by atoms with Crippen LogP contribution in [0.25, 0.3) is 0 Å². The maximum absolute atomic E-state index is 10.0. The normalized spacial score (nSPS) is 12.8. The van der Waals surface area contributed by atoms with Crippen molar-refractivity contribution in [3.05, 3.63) is 35.9 Å². The highest BCUT2D eigenvalue weighted by Gasteiger charge is 2.17. The van der Waals surface area contributed by atoms with Crippen molar-refractivity contribution in [3.63, 3.8) is 0 Å². The minimum Gasteiger partial charge on any atom is -0.389 e. The molecule has 0 aliphatic carbocycles. The summed E-state index contributed by atoms with van der Waals surface area (Å²) in [4.78, 5) is 2.27. The van der Waals surface area contributed by atoms with Gasteiger partial charge < -0.3 is 9.84 Å². The molecule has 4 heteroatoms. The predicted molar refractivity (Wildman–Crippen MR) is 89.5 cm³/mol. The molecule has 0 amide bonds. The summed E-state index contributed by atoms with van der Waals surface area (Å²) < 4.78 is 5.57. The minimum absolute atomic E-state index is 0. The Morgan fingerprint density at radius 1 is 1.05 bits per heavy atom. The summed E-state index contributed by atoms with van der Waals surface area (Å²) >= 11 is 0. The van der Waals surface area contributed by atoms with Gasteiger partial charge in [0.25, 0.3) is 0 Å². The van der Waals surface area contributed by atoms with E-state index >= 15 is 0 Å². The molecule has 0 saturated carbocycles. The fraction of sp³-hybridized carbons (Fsp3) is 0.625. The number of hydrogen-bond acceptors (Lipinski definition) is 3. The van der Waals surface area contributed by atoms with E-state index in [1.807, 2.05) is 30.3 Å². The molecular formula is C16H29NO2S. The maximum atomic E-state index is 10.0. The predicted octanol–water partition coefficient (Wildman–Crippen LogP) is 2.80. The second-order valence-corrected chi connectivity index (χ2v) is 5.54. The van der Waals surface area contributed by atoms with Crippen molar-refractivity contribution in [3.8, 4) is 0 Å². The number of ether oxygens (including phenoxy) is 1. The number of aliphatic hydroxyl groups is 1. The van der Waals surface area contributed by atoms with E-state index < -0.39 is 6.10 Å². The number of aliphatic hydroxyl groups excluding tert-OH is 1. The Labute approximate surface area is 130 Å². The van der Waals surface area contributed by atoms with Gasteiger partial charge in [0.2, 0.25) is 0 Å². The Bertz CT molecular complexity index is 336. The maximum Gasteiger partial charge on any atom is 0.0900 e. The Balaban J connectivity index is 0.00000361. The summed E-state index contributed by atoms with van der Waals surface area (Å²) in [5.74, 6) is 0. The number of rotatable bonds is 8. The van der Waals surface area contributed by atoms with Crippen molar-refractivity contribution in [2.24, 2.45) is 0 Å². The summed E-state index contributed by atoms with van der Waals surface area (Å²) in [7, 11) is 0. The second kappa shape index (κ2) is 10.2. The summed E-state index contributed by atoms with van der Waals surface area (Å²) in [6.07, 6.45) is -0.437. The molecule has 0 heterocycles. The molecule has 0 radical (unpaired) electrons. The van der Waals surface area contributed by atoms with Gasteiger partial charge in [0.05, 0.1) is 19.3 Å². The van der Waals surface area contributed by atoms with Crippen LogP contribution in [-0.2, 0) is 11.3 Å². The fourth-order valence-electron chi connectivity index (χ4n) is 2.20. The van der Waals surface area contributed by atoms with Crippen LogP contribution in [0.3, 0.4) is 0 Å². The Kier molecular flexibility index (Phi) is 9.94. The first-order valence-electron chi connectivity index (χ1n) is 7.06. The van der Waals surface area contributed by atoms with E-state index in [4.69, 9.17) is 4.74 Å². The first-order chi connectivity index (χ1) is 9.00. The van der Waals surface area contributed by atoms with Crippen LogP contribution < -0.4 is 0 Å². The van der Waals surface area contributed by atoms with Crippen LogP contribution in [0.1, 0.15) is 33.3 Å². The van der Waals surface area contributed by atoms with E-state index in [-0.39, 0.29) is 13.5 Å². The third kappa shape index (κ3) is 7.29. The van der Waals surface area contributed by atoms with Gasteiger partial charge in [-0.25, -0.2) is 0 Å². The summed E-state index contributed by atoms with van der Waals surface area (Å²) in [6, 6.07) is 10.9. The van der Waals surface area contributed by atoms with Gasteiger partial charge >= 0.3 is 0 Å². The Morgan fingerprint density at radius 3 is 2.10 bits per heavy atom. The van der Waals surface area contributed by atoms with E-state index in [1.54, 1.807) is 0 Å². The number of nitrogens with zero attached hydrogens (tertiary/aromatic N) is 1. The van der Waals surface area contributed by atoms with Crippen LogP contribution in [0.5, 0.6) is 0 Å². The molecule has 0 spiro atoms. The minimum atomic E-state index is -0.437. The highest BCUT2D eigenvalue weighted by Crippen LogP contribution is 2.07. The lowest BCUT2D eigenvalue weighted by Crippen LogP contribution is -2.43. The first kappa shape index (κ1) is 19.4. The zero-order chi connectivity index (χ0) is 14.3. The topological polar surface area (TPSA) is 32.7 Å². The number of hydrogen-bond donors (Lipinski definition) is 1. The molecule has 1 aromatic carbocycles. The molecule has 1 aromatic rings. The molecule has 20 heavy (non-hydrogen) atoms. The van der Waals surface area contributed by atoms with Gasteiger partial charge in [-0.3, -0.25) is 4.90 Å². The van der Waals surface area contributed by atoms with E-state index in [0.29, 0.717) is 31.8 Å². The highest BCUT2D eigenvalue weighted by molar-refractivity contribution is 7.59. The van der Waals surface area contributed by atoms with Gasteiger partial charge in [-0.15, -0.1) is 0 Å². The molecule has 1 atom stereocenters. The average Bonchev–Trinajstić information content (AvgIpc) is 2.36. The Hall–Kier alpha value is -0.550. The molecule has 0 aliphatic rings. The number of benzene rings is 1. The third-order valence-electron chi connectivity index (χ3n) is 3.17. The lowest BCUT2D eigenvalue weighted by molar-refractivity contribution is -0.00157. The van der Waals surface area contributed by atoms with E-state index in [1.165, 1.54) is 0 Å². The Morgan fingerprint density at radius 2 is 1.60 bits per heavy atom. The van der Waals surface area contributed by atoms with Crippen LogP contribution >= 0.6 is 13.5 Å². The zero-order valence-electron chi connectivity index (χ0n) is 13.0. The molecule has 0 unspecified atom stereocenters. The van der Waals surface area contributed by atoms with Gasteiger partial charge in [-0.05, 0) is 33.3 Å². The smallest absolute Gasteiger partial charge is 0.0900 e. The molecule has 1 N–H and O–H groups in total. The average molecular weight is 299 g/mol. The molecule has 1 rings (SSSR count). The van der Waals surface area contributed by atoms with Crippen LogP contribution in [0.4, 0.5) is 0 Å². The second-order valence-electron chi connectivity index (χ2n) is 5.54.